The average Bonchev–Trinajstić information content (AvgIpc) is 2.73. The van der Waals surface area contributed by atoms with Crippen LogP contribution in [-0.2, 0) is 10.8 Å². The molecule has 2 aromatic carbocycles. The van der Waals surface area contributed by atoms with E-state index in [0.29, 0.717) is 0 Å². The van der Waals surface area contributed by atoms with Crippen LogP contribution in [0.2, 0.25) is 0 Å². The molecule has 3 rings (SSSR count). The van der Waals surface area contributed by atoms with Gasteiger partial charge in [0, 0.05) is 0 Å². The molecule has 1 heterocycles. The lowest BCUT2D eigenvalue weighted by atomic mass is 9.86. The molecule has 166 valence electrons. The third-order valence-corrected chi connectivity index (χ3v) is 5.52. The summed E-state index contributed by atoms with van der Waals surface area (Å²) in [6, 6.07) is 22.8. The second-order valence-electron chi connectivity index (χ2n) is 10.4. The molecular formula is C29H35N3. The minimum Gasteiger partial charge on any atom is -0.252 e. The van der Waals surface area contributed by atoms with Gasteiger partial charge in [0.2, 0.25) is 0 Å². The number of aromatic nitrogens is 1. The van der Waals surface area contributed by atoms with Gasteiger partial charge in [0.25, 0.3) is 0 Å². The van der Waals surface area contributed by atoms with Gasteiger partial charge < -0.3 is 0 Å². The maximum atomic E-state index is 4.93. The molecule has 3 nitrogen and oxygen atoms in total. The van der Waals surface area contributed by atoms with Crippen molar-refractivity contribution in [1.29, 1.82) is 0 Å². The fourth-order valence-electron chi connectivity index (χ4n) is 3.57. The molecule has 1 aromatic heterocycles. The highest BCUT2D eigenvalue weighted by Gasteiger charge is 2.17. The summed E-state index contributed by atoms with van der Waals surface area (Å²) >= 11 is 0. The summed E-state index contributed by atoms with van der Waals surface area (Å²) < 4.78 is 0. The van der Waals surface area contributed by atoms with E-state index in [1.165, 1.54) is 11.1 Å². The van der Waals surface area contributed by atoms with Crippen molar-refractivity contribution in [2.45, 2.75) is 66.2 Å². The van der Waals surface area contributed by atoms with E-state index in [0.717, 1.165) is 34.2 Å². The molecule has 0 saturated heterocycles. The zero-order valence-corrected chi connectivity index (χ0v) is 20.7. The van der Waals surface area contributed by atoms with Crippen LogP contribution < -0.4 is 0 Å². The van der Waals surface area contributed by atoms with Crippen molar-refractivity contribution in [2.75, 3.05) is 0 Å². The van der Waals surface area contributed by atoms with Gasteiger partial charge in [-0.1, -0.05) is 77.9 Å². The van der Waals surface area contributed by atoms with Gasteiger partial charge in [-0.3, -0.25) is 9.98 Å². The van der Waals surface area contributed by atoms with E-state index in [-0.39, 0.29) is 10.8 Å². The molecule has 0 radical (unpaired) electrons. The highest BCUT2D eigenvalue weighted by atomic mass is 14.8. The van der Waals surface area contributed by atoms with Crippen LogP contribution in [0.5, 0.6) is 0 Å². The predicted molar refractivity (Wildman–Crippen MR) is 138 cm³/mol. The highest BCUT2D eigenvalue weighted by Crippen LogP contribution is 2.31. The molecular weight excluding hydrogens is 390 g/mol. The SMILES string of the molecule is C/C(=N\c1ccc(C(C)(C)C)cc1)c1cccc(/C(C)=N/c2ccccc2C(C)(C)C)n1. The first-order valence-electron chi connectivity index (χ1n) is 11.2. The van der Waals surface area contributed by atoms with Gasteiger partial charge in [0.1, 0.15) is 0 Å². The molecule has 0 aliphatic rings. The van der Waals surface area contributed by atoms with E-state index in [1.807, 2.05) is 38.1 Å². The number of hydrogen-bond acceptors (Lipinski definition) is 3. The van der Waals surface area contributed by atoms with E-state index in [4.69, 9.17) is 15.0 Å². The number of pyridine rings is 1. The van der Waals surface area contributed by atoms with Gasteiger partial charge in [-0.15, -0.1) is 0 Å². The minimum atomic E-state index is 0.0292. The number of para-hydroxylation sites is 1. The second-order valence-corrected chi connectivity index (χ2v) is 10.4. The van der Waals surface area contributed by atoms with Crippen molar-refractivity contribution in [3.8, 4) is 0 Å². The standard InChI is InChI=1S/C29H35N3/c1-20(30-23-18-16-22(17-19-23)28(3,4)5)25-14-11-15-26(32-25)21(2)31-27-13-10-9-12-24(27)29(6,7)8/h9-19H,1-8H3/b30-20+,31-21+. The van der Waals surface area contributed by atoms with Crippen LogP contribution in [0.3, 0.4) is 0 Å². The maximum absolute atomic E-state index is 4.93. The van der Waals surface area contributed by atoms with Crippen LogP contribution in [0.4, 0.5) is 11.4 Å². The van der Waals surface area contributed by atoms with Crippen LogP contribution in [0.25, 0.3) is 0 Å². The molecule has 0 saturated carbocycles. The quantitative estimate of drug-likeness (QED) is 0.391. The summed E-state index contributed by atoms with van der Waals surface area (Å²) in [7, 11) is 0. The largest absolute Gasteiger partial charge is 0.252 e. The molecule has 0 spiro atoms. The van der Waals surface area contributed by atoms with Crippen molar-refractivity contribution < 1.29 is 0 Å². The summed E-state index contributed by atoms with van der Waals surface area (Å²) in [6.07, 6.45) is 0. The van der Waals surface area contributed by atoms with E-state index in [2.05, 4.69) is 84.0 Å². The molecule has 0 amide bonds. The van der Waals surface area contributed by atoms with Crippen LogP contribution in [0.1, 0.15) is 77.9 Å². The van der Waals surface area contributed by atoms with Gasteiger partial charge in [-0.25, -0.2) is 4.98 Å². The summed E-state index contributed by atoms with van der Waals surface area (Å²) in [5.74, 6) is 0. The Kier molecular flexibility index (Phi) is 6.78. The maximum Gasteiger partial charge on any atom is 0.0849 e. The Morgan fingerprint density at radius 1 is 0.625 bits per heavy atom. The molecule has 0 atom stereocenters. The molecule has 0 N–H and O–H groups in total. The van der Waals surface area contributed by atoms with Crippen molar-refractivity contribution in [3.05, 3.63) is 89.2 Å². The normalized spacial score (nSPS) is 13.4. The molecule has 3 heteroatoms. The number of aliphatic imine (C=N–C) groups is 2. The van der Waals surface area contributed by atoms with Gasteiger partial charge in [0.05, 0.1) is 34.2 Å². The Hall–Kier alpha value is -3.07. The molecule has 32 heavy (non-hydrogen) atoms. The Balaban J connectivity index is 1.90. The topological polar surface area (TPSA) is 37.6 Å². The third-order valence-electron chi connectivity index (χ3n) is 5.52. The number of benzene rings is 2. The van der Waals surface area contributed by atoms with Gasteiger partial charge in [-0.05, 0) is 66.1 Å². The minimum absolute atomic E-state index is 0.0292. The van der Waals surface area contributed by atoms with Gasteiger partial charge in [-0.2, -0.15) is 0 Å². The van der Waals surface area contributed by atoms with Crippen LogP contribution >= 0.6 is 0 Å². The van der Waals surface area contributed by atoms with Crippen molar-refractivity contribution >= 4 is 22.8 Å². The average molecular weight is 426 g/mol. The van der Waals surface area contributed by atoms with Gasteiger partial charge in [0.15, 0.2) is 0 Å². The molecule has 0 fully saturated rings. The summed E-state index contributed by atoms with van der Waals surface area (Å²) in [4.78, 5) is 14.6. The number of hydrogen-bond donors (Lipinski definition) is 0. The molecule has 0 aliphatic heterocycles. The second kappa shape index (κ2) is 9.20. The van der Waals surface area contributed by atoms with E-state index in [1.54, 1.807) is 0 Å². The summed E-state index contributed by atoms with van der Waals surface area (Å²) in [6.45, 7) is 17.3. The molecule has 0 unspecified atom stereocenters. The van der Waals surface area contributed by atoms with Gasteiger partial charge >= 0.3 is 0 Å². The fraction of sp³-hybridized carbons (Fsp3) is 0.345. The Labute approximate surface area is 193 Å². The number of rotatable bonds is 4. The first kappa shape index (κ1) is 23.6. The first-order chi connectivity index (χ1) is 14.9. The zero-order valence-electron chi connectivity index (χ0n) is 20.7. The lowest BCUT2D eigenvalue weighted by Gasteiger charge is -2.21. The monoisotopic (exact) mass is 425 g/mol. The summed E-state index contributed by atoms with van der Waals surface area (Å²) in [5.41, 5.74) is 8.13. The Morgan fingerprint density at radius 2 is 1.19 bits per heavy atom. The fourth-order valence-corrected chi connectivity index (χ4v) is 3.57. The Bertz CT molecular complexity index is 1140. The lowest BCUT2D eigenvalue weighted by molar-refractivity contribution is 0.590. The zero-order chi connectivity index (χ0) is 23.5. The third kappa shape index (κ3) is 5.79. The van der Waals surface area contributed by atoms with Crippen LogP contribution in [-0.4, -0.2) is 16.4 Å². The highest BCUT2D eigenvalue weighted by molar-refractivity contribution is 6.02. The first-order valence-corrected chi connectivity index (χ1v) is 11.2. The molecule has 0 bridgehead atoms. The van der Waals surface area contributed by atoms with Crippen molar-refractivity contribution in [2.24, 2.45) is 9.98 Å². The van der Waals surface area contributed by atoms with Crippen molar-refractivity contribution in [1.82, 2.24) is 4.98 Å². The van der Waals surface area contributed by atoms with Crippen LogP contribution in [0.15, 0.2) is 76.7 Å². The number of nitrogens with zero attached hydrogens (tertiary/aromatic N) is 3. The van der Waals surface area contributed by atoms with Crippen molar-refractivity contribution in [3.63, 3.8) is 0 Å². The van der Waals surface area contributed by atoms with Crippen LogP contribution in [0, 0.1) is 0 Å². The lowest BCUT2D eigenvalue weighted by Crippen LogP contribution is -2.11. The summed E-state index contributed by atoms with van der Waals surface area (Å²) in [5, 5.41) is 0. The van der Waals surface area contributed by atoms with E-state index >= 15 is 0 Å². The molecule has 0 aliphatic carbocycles. The smallest absolute Gasteiger partial charge is 0.0849 e. The molecule has 3 aromatic rings. The predicted octanol–water partition coefficient (Wildman–Crippen LogP) is 7.96. The van der Waals surface area contributed by atoms with E-state index in [9.17, 15) is 0 Å². The Morgan fingerprint density at radius 3 is 1.75 bits per heavy atom. The van der Waals surface area contributed by atoms with E-state index < -0.39 is 0 Å².